The van der Waals surface area contributed by atoms with Gasteiger partial charge in [-0.2, -0.15) is 0 Å². The van der Waals surface area contributed by atoms with Crippen LogP contribution in [0.5, 0.6) is 0 Å². The molecule has 0 radical (unpaired) electrons. The van der Waals surface area contributed by atoms with E-state index in [1.54, 1.807) is 0 Å². The molecule has 0 bridgehead atoms. The Hall–Kier alpha value is -5.60. The fraction of sp³-hybridized carbons (Fsp3) is 0.167. The number of hydrogen-bond acceptors (Lipinski definition) is 2. The van der Waals surface area contributed by atoms with E-state index in [0.29, 0.717) is 12.0 Å². The van der Waals surface area contributed by atoms with Crippen molar-refractivity contribution in [1.29, 1.82) is 0 Å². The van der Waals surface area contributed by atoms with E-state index >= 15 is 0 Å². The van der Waals surface area contributed by atoms with Gasteiger partial charge < -0.3 is 10.6 Å². The number of nitrogens with one attached hydrogen (secondary N) is 2. The largest absolute Gasteiger partial charge is 0.378 e. The summed E-state index contributed by atoms with van der Waals surface area (Å²) in [6.07, 6.45) is 35.7. The van der Waals surface area contributed by atoms with Gasteiger partial charge in [-0.3, -0.25) is 0 Å². The lowest BCUT2D eigenvalue weighted by Crippen LogP contribution is -2.18. The van der Waals surface area contributed by atoms with Gasteiger partial charge >= 0.3 is 0 Å². The summed E-state index contributed by atoms with van der Waals surface area (Å²) < 4.78 is 0. The predicted octanol–water partition coefficient (Wildman–Crippen LogP) is 13.0. The molecule has 0 aliphatic heterocycles. The molecule has 0 aromatic heterocycles. The van der Waals surface area contributed by atoms with E-state index in [9.17, 15) is 0 Å². The third kappa shape index (κ3) is 7.21. The number of para-hydroxylation sites is 2. The minimum Gasteiger partial charge on any atom is -0.378 e. The molecular formula is C48H44N2. The van der Waals surface area contributed by atoms with Crippen molar-refractivity contribution in [3.05, 3.63) is 192 Å². The van der Waals surface area contributed by atoms with Crippen LogP contribution in [0.1, 0.15) is 66.7 Å². The summed E-state index contributed by atoms with van der Waals surface area (Å²) >= 11 is 0. The summed E-state index contributed by atoms with van der Waals surface area (Å²) in [6, 6.07) is 33.9. The van der Waals surface area contributed by atoms with Crippen LogP contribution in [0.4, 0.5) is 17.1 Å². The normalized spacial score (nSPS) is 19.5. The highest BCUT2D eigenvalue weighted by atomic mass is 14.9. The molecule has 0 spiro atoms. The van der Waals surface area contributed by atoms with Gasteiger partial charge in [-0.15, -0.1) is 0 Å². The summed E-state index contributed by atoms with van der Waals surface area (Å²) in [6.45, 7) is 0. The molecule has 2 unspecified atom stereocenters. The van der Waals surface area contributed by atoms with E-state index in [1.165, 1.54) is 55.8 Å². The third-order valence-electron chi connectivity index (χ3n) is 10.2. The van der Waals surface area contributed by atoms with Crippen LogP contribution in [0, 0.1) is 0 Å². The lowest BCUT2D eigenvalue weighted by molar-refractivity contribution is 0.845. The molecule has 0 saturated heterocycles. The SMILES string of the molecule is C1=CCCC(c2cc(Nc3ccccc3-c3cccc(C4=CC=CC(c5ccccc5NC5C=CC=CC5)C4)c3)cc(C3=CCCC=C3)c2)=C1. The lowest BCUT2D eigenvalue weighted by Gasteiger charge is -2.25. The van der Waals surface area contributed by atoms with Crippen LogP contribution in [-0.4, -0.2) is 6.04 Å². The van der Waals surface area contributed by atoms with E-state index < -0.39 is 0 Å². The second kappa shape index (κ2) is 14.9. The van der Waals surface area contributed by atoms with E-state index in [2.05, 4.69) is 181 Å². The first kappa shape index (κ1) is 31.7. The first-order valence-electron chi connectivity index (χ1n) is 18.2. The number of anilines is 3. The van der Waals surface area contributed by atoms with Crippen molar-refractivity contribution in [1.82, 2.24) is 0 Å². The van der Waals surface area contributed by atoms with Gasteiger partial charge in [-0.1, -0.05) is 134 Å². The topological polar surface area (TPSA) is 24.1 Å². The standard InChI is InChI=1S/C48H44N2/c1-4-16-35(17-5-1)41-32-42(36-18-6-2-7-19-36)34-44(33-41)50-48-29-13-11-27-46(48)40-23-15-21-38(31-40)37-20-14-22-39(30-37)45-26-10-12-28-47(45)49-43-24-8-3-9-25-43/h1,3-4,6,8-16,18-24,26-29,31-34,39,43,49-50H,2,5,7,17,25,30H2. The van der Waals surface area contributed by atoms with Crippen molar-refractivity contribution in [2.75, 3.05) is 10.6 Å². The van der Waals surface area contributed by atoms with Gasteiger partial charge in [0.25, 0.3) is 0 Å². The molecule has 0 fully saturated rings. The van der Waals surface area contributed by atoms with Crippen LogP contribution in [0.2, 0.25) is 0 Å². The molecule has 4 aromatic carbocycles. The highest BCUT2D eigenvalue weighted by Crippen LogP contribution is 2.40. The predicted molar refractivity (Wildman–Crippen MR) is 216 cm³/mol. The maximum Gasteiger partial charge on any atom is 0.0482 e. The number of hydrogen-bond donors (Lipinski definition) is 2. The van der Waals surface area contributed by atoms with Gasteiger partial charge in [0.05, 0.1) is 0 Å². The van der Waals surface area contributed by atoms with Crippen molar-refractivity contribution < 1.29 is 0 Å². The smallest absolute Gasteiger partial charge is 0.0482 e. The van der Waals surface area contributed by atoms with Gasteiger partial charge in [-0.25, -0.2) is 0 Å². The fourth-order valence-electron chi connectivity index (χ4n) is 7.55. The molecule has 0 heterocycles. The number of allylic oxidation sites excluding steroid dienone is 14. The van der Waals surface area contributed by atoms with Crippen LogP contribution in [0.3, 0.4) is 0 Å². The van der Waals surface area contributed by atoms with Gasteiger partial charge in [0.1, 0.15) is 0 Å². The van der Waals surface area contributed by atoms with Gasteiger partial charge in [0.15, 0.2) is 0 Å². The Balaban J connectivity index is 1.07. The zero-order chi connectivity index (χ0) is 33.5. The Morgan fingerprint density at radius 1 is 0.580 bits per heavy atom. The zero-order valence-corrected chi connectivity index (χ0v) is 28.6. The average molecular weight is 649 g/mol. The van der Waals surface area contributed by atoms with Gasteiger partial charge in [0.2, 0.25) is 0 Å². The molecule has 2 atom stereocenters. The summed E-state index contributed by atoms with van der Waals surface area (Å²) in [7, 11) is 0. The Kier molecular flexibility index (Phi) is 9.42. The molecule has 2 nitrogen and oxygen atoms in total. The van der Waals surface area contributed by atoms with Gasteiger partial charge in [-0.05, 0) is 119 Å². The molecule has 8 rings (SSSR count). The molecule has 4 aromatic rings. The summed E-state index contributed by atoms with van der Waals surface area (Å²) in [5.74, 6) is 0.310. The maximum atomic E-state index is 3.86. The van der Waals surface area contributed by atoms with E-state index in [1.807, 2.05) is 0 Å². The van der Waals surface area contributed by atoms with Gasteiger partial charge in [0, 0.05) is 34.6 Å². The summed E-state index contributed by atoms with van der Waals surface area (Å²) in [5, 5.41) is 7.65. The molecule has 50 heavy (non-hydrogen) atoms. The van der Waals surface area contributed by atoms with Crippen molar-refractivity contribution >= 4 is 33.8 Å². The summed E-state index contributed by atoms with van der Waals surface area (Å²) in [4.78, 5) is 0. The van der Waals surface area contributed by atoms with E-state index in [4.69, 9.17) is 0 Å². The Labute approximate surface area is 297 Å². The van der Waals surface area contributed by atoms with Crippen LogP contribution >= 0.6 is 0 Å². The molecule has 246 valence electrons. The second-order valence-corrected chi connectivity index (χ2v) is 13.6. The van der Waals surface area contributed by atoms with Crippen molar-refractivity contribution in [2.24, 2.45) is 0 Å². The highest BCUT2D eigenvalue weighted by molar-refractivity contribution is 5.86. The average Bonchev–Trinajstić information content (AvgIpc) is 3.19. The minimum absolute atomic E-state index is 0.310. The lowest BCUT2D eigenvalue weighted by atomic mass is 9.84. The second-order valence-electron chi connectivity index (χ2n) is 13.6. The first-order valence-corrected chi connectivity index (χ1v) is 18.2. The van der Waals surface area contributed by atoms with Crippen LogP contribution in [0.15, 0.2) is 170 Å². The molecule has 0 amide bonds. The van der Waals surface area contributed by atoms with E-state index in [0.717, 1.165) is 49.9 Å². The number of rotatable bonds is 9. The molecule has 2 heteroatoms. The van der Waals surface area contributed by atoms with E-state index in [-0.39, 0.29) is 0 Å². The minimum atomic E-state index is 0.310. The molecular weight excluding hydrogens is 605 g/mol. The van der Waals surface area contributed by atoms with Crippen molar-refractivity contribution in [3.8, 4) is 11.1 Å². The maximum absolute atomic E-state index is 3.86. The quantitative estimate of drug-likeness (QED) is 0.189. The Bertz CT molecular complexity index is 2130. The molecule has 2 N–H and O–H groups in total. The third-order valence-corrected chi connectivity index (χ3v) is 10.2. The highest BCUT2D eigenvalue weighted by Gasteiger charge is 2.20. The zero-order valence-electron chi connectivity index (χ0n) is 28.6. The molecule has 4 aliphatic rings. The fourth-order valence-corrected chi connectivity index (χ4v) is 7.55. The van der Waals surface area contributed by atoms with Crippen molar-refractivity contribution in [3.63, 3.8) is 0 Å². The first-order chi connectivity index (χ1) is 24.8. The Morgan fingerprint density at radius 3 is 2.28 bits per heavy atom. The monoisotopic (exact) mass is 648 g/mol. The van der Waals surface area contributed by atoms with Crippen LogP contribution in [-0.2, 0) is 0 Å². The van der Waals surface area contributed by atoms with Crippen LogP contribution < -0.4 is 10.6 Å². The van der Waals surface area contributed by atoms with Crippen molar-refractivity contribution in [2.45, 2.75) is 50.5 Å². The Morgan fingerprint density at radius 2 is 1.42 bits per heavy atom. The summed E-state index contributed by atoms with van der Waals surface area (Å²) in [5.41, 5.74) is 15.1. The van der Waals surface area contributed by atoms with Crippen LogP contribution in [0.25, 0.3) is 27.8 Å². The number of benzene rings is 4. The molecule has 0 saturated carbocycles. The molecule has 4 aliphatic carbocycles.